The molecule has 0 saturated heterocycles. The molecule has 0 spiro atoms. The van der Waals surface area contributed by atoms with Gasteiger partial charge in [0, 0.05) is 6.54 Å². The van der Waals surface area contributed by atoms with Crippen LogP contribution in [0, 0.1) is 24.2 Å². The maximum atomic E-state index is 8.64. The Morgan fingerprint density at radius 3 is 2.75 bits per heavy atom. The minimum Gasteiger partial charge on any atom is -0.333 e. The summed E-state index contributed by atoms with van der Waals surface area (Å²) in [6.45, 7) is 7.14. The second kappa shape index (κ2) is 3.40. The Hall–Kier alpha value is -1.30. The summed E-state index contributed by atoms with van der Waals surface area (Å²) in [7, 11) is 0. The van der Waals surface area contributed by atoms with Crippen molar-refractivity contribution >= 4 is 0 Å². The molecular formula is C9H13N3. The Morgan fingerprint density at radius 2 is 2.33 bits per heavy atom. The van der Waals surface area contributed by atoms with Gasteiger partial charge >= 0.3 is 0 Å². The lowest BCUT2D eigenvalue weighted by Crippen LogP contribution is -2.04. The lowest BCUT2D eigenvalue weighted by molar-refractivity contribution is 0.515. The zero-order valence-electron chi connectivity index (χ0n) is 7.70. The molecule has 0 radical (unpaired) electrons. The summed E-state index contributed by atoms with van der Waals surface area (Å²) in [6.07, 6.45) is 1.73. The maximum Gasteiger partial charge on any atom is 0.161 e. The summed E-state index contributed by atoms with van der Waals surface area (Å²) in [4.78, 5) is 3.99. The number of hydrogen-bond donors (Lipinski definition) is 0. The first kappa shape index (κ1) is 8.79. The number of imidazole rings is 1. The first-order valence-electron chi connectivity index (χ1n) is 4.07. The van der Waals surface area contributed by atoms with Crippen LogP contribution in [0.3, 0.4) is 0 Å². The predicted molar refractivity (Wildman–Crippen MR) is 46.5 cm³/mol. The molecule has 0 aliphatic heterocycles. The number of rotatable bonds is 2. The molecule has 0 saturated carbocycles. The fraction of sp³-hybridized carbons (Fsp3) is 0.556. The van der Waals surface area contributed by atoms with Crippen molar-refractivity contribution in [2.24, 2.45) is 5.92 Å². The van der Waals surface area contributed by atoms with Crippen molar-refractivity contribution in [2.75, 3.05) is 0 Å². The fourth-order valence-corrected chi connectivity index (χ4v) is 1.13. The molecule has 3 nitrogen and oxygen atoms in total. The molecule has 12 heavy (non-hydrogen) atoms. The summed E-state index contributed by atoms with van der Waals surface area (Å²) in [5.41, 5.74) is 1.50. The van der Waals surface area contributed by atoms with Crippen LogP contribution in [0.15, 0.2) is 6.33 Å². The molecule has 3 heteroatoms. The van der Waals surface area contributed by atoms with Crippen molar-refractivity contribution in [1.29, 1.82) is 5.26 Å². The van der Waals surface area contributed by atoms with E-state index in [0.717, 1.165) is 12.2 Å². The van der Waals surface area contributed by atoms with E-state index in [1.807, 2.05) is 11.5 Å². The van der Waals surface area contributed by atoms with Gasteiger partial charge in [-0.3, -0.25) is 0 Å². The van der Waals surface area contributed by atoms with Gasteiger partial charge < -0.3 is 4.57 Å². The smallest absolute Gasteiger partial charge is 0.161 e. The van der Waals surface area contributed by atoms with Crippen LogP contribution in [0.1, 0.15) is 25.2 Å². The summed E-state index contributed by atoms with van der Waals surface area (Å²) >= 11 is 0. The molecule has 1 aromatic heterocycles. The van der Waals surface area contributed by atoms with E-state index in [-0.39, 0.29) is 0 Å². The van der Waals surface area contributed by atoms with Crippen LogP contribution < -0.4 is 0 Å². The average molecular weight is 163 g/mol. The Labute approximate surface area is 72.7 Å². The highest BCUT2D eigenvalue weighted by Gasteiger charge is 2.05. The van der Waals surface area contributed by atoms with Crippen molar-refractivity contribution in [3.63, 3.8) is 0 Å². The predicted octanol–water partition coefficient (Wildman–Crippen LogP) is 1.72. The normalized spacial score (nSPS) is 10.2. The van der Waals surface area contributed by atoms with Crippen LogP contribution in [-0.2, 0) is 6.54 Å². The van der Waals surface area contributed by atoms with Crippen LogP contribution in [0.4, 0.5) is 0 Å². The molecule has 0 N–H and O–H groups in total. The monoisotopic (exact) mass is 163 g/mol. The van der Waals surface area contributed by atoms with Gasteiger partial charge in [-0.2, -0.15) is 5.26 Å². The van der Waals surface area contributed by atoms with Crippen molar-refractivity contribution in [2.45, 2.75) is 27.3 Å². The van der Waals surface area contributed by atoms with Gasteiger partial charge in [0.05, 0.1) is 12.0 Å². The van der Waals surface area contributed by atoms with E-state index in [0.29, 0.717) is 11.6 Å². The first-order valence-corrected chi connectivity index (χ1v) is 4.07. The quantitative estimate of drug-likeness (QED) is 0.666. The summed E-state index contributed by atoms with van der Waals surface area (Å²) in [5.74, 6) is 0.587. The van der Waals surface area contributed by atoms with E-state index in [2.05, 4.69) is 24.9 Å². The Balaban J connectivity index is 2.89. The molecule has 0 aromatic carbocycles. The zero-order valence-corrected chi connectivity index (χ0v) is 7.70. The SMILES string of the molecule is Cc1c(C#N)ncn1CC(C)C. The fourth-order valence-electron chi connectivity index (χ4n) is 1.13. The van der Waals surface area contributed by atoms with Crippen LogP contribution in [0.2, 0.25) is 0 Å². The Bertz CT molecular complexity index is 304. The highest BCUT2D eigenvalue weighted by Crippen LogP contribution is 2.07. The minimum atomic E-state index is 0.538. The summed E-state index contributed by atoms with van der Waals surface area (Å²) in [5, 5.41) is 8.64. The lowest BCUT2D eigenvalue weighted by Gasteiger charge is -2.06. The molecule has 0 unspecified atom stereocenters. The highest BCUT2D eigenvalue weighted by atomic mass is 15.1. The number of nitriles is 1. The Morgan fingerprint density at radius 1 is 1.67 bits per heavy atom. The zero-order chi connectivity index (χ0) is 9.14. The molecule has 0 atom stereocenters. The molecule has 0 aliphatic carbocycles. The molecule has 1 heterocycles. The molecule has 1 aromatic rings. The summed E-state index contributed by atoms with van der Waals surface area (Å²) in [6, 6.07) is 2.06. The van der Waals surface area contributed by atoms with E-state index in [1.165, 1.54) is 0 Å². The summed E-state index contributed by atoms with van der Waals surface area (Å²) < 4.78 is 2.02. The van der Waals surface area contributed by atoms with Crippen molar-refractivity contribution in [3.05, 3.63) is 17.7 Å². The number of hydrogen-bond acceptors (Lipinski definition) is 2. The molecule has 1 rings (SSSR count). The molecule has 0 amide bonds. The Kier molecular flexibility index (Phi) is 2.49. The third-order valence-corrected chi connectivity index (χ3v) is 1.77. The van der Waals surface area contributed by atoms with E-state index in [9.17, 15) is 0 Å². The van der Waals surface area contributed by atoms with Gasteiger partial charge in [-0.15, -0.1) is 0 Å². The average Bonchev–Trinajstić information content (AvgIpc) is 2.32. The third kappa shape index (κ3) is 1.65. The van der Waals surface area contributed by atoms with Gasteiger partial charge in [-0.05, 0) is 12.8 Å². The molecule has 64 valence electrons. The minimum absolute atomic E-state index is 0.538. The lowest BCUT2D eigenvalue weighted by atomic mass is 10.2. The number of aromatic nitrogens is 2. The van der Waals surface area contributed by atoms with Crippen LogP contribution in [0.5, 0.6) is 0 Å². The van der Waals surface area contributed by atoms with E-state index < -0.39 is 0 Å². The topological polar surface area (TPSA) is 41.6 Å². The van der Waals surface area contributed by atoms with Gasteiger partial charge in [0.25, 0.3) is 0 Å². The second-order valence-corrected chi connectivity index (χ2v) is 3.34. The van der Waals surface area contributed by atoms with Crippen LogP contribution in [0.25, 0.3) is 0 Å². The van der Waals surface area contributed by atoms with Crippen molar-refractivity contribution in [1.82, 2.24) is 9.55 Å². The van der Waals surface area contributed by atoms with Crippen LogP contribution >= 0.6 is 0 Å². The van der Waals surface area contributed by atoms with Gasteiger partial charge in [-0.25, -0.2) is 4.98 Å². The van der Waals surface area contributed by atoms with Crippen molar-refractivity contribution < 1.29 is 0 Å². The van der Waals surface area contributed by atoms with Crippen LogP contribution in [-0.4, -0.2) is 9.55 Å². The highest BCUT2D eigenvalue weighted by molar-refractivity contribution is 5.25. The molecular weight excluding hydrogens is 150 g/mol. The van der Waals surface area contributed by atoms with Crippen molar-refractivity contribution in [3.8, 4) is 6.07 Å². The number of nitrogens with zero attached hydrogens (tertiary/aromatic N) is 3. The van der Waals surface area contributed by atoms with Gasteiger partial charge in [0.15, 0.2) is 5.69 Å². The van der Waals surface area contributed by atoms with Gasteiger partial charge in [0.1, 0.15) is 6.07 Å². The van der Waals surface area contributed by atoms with E-state index >= 15 is 0 Å². The van der Waals surface area contributed by atoms with Gasteiger partial charge in [0.2, 0.25) is 0 Å². The molecule has 0 aliphatic rings. The third-order valence-electron chi connectivity index (χ3n) is 1.77. The van der Waals surface area contributed by atoms with E-state index in [4.69, 9.17) is 5.26 Å². The molecule has 0 bridgehead atoms. The first-order chi connectivity index (χ1) is 5.65. The second-order valence-electron chi connectivity index (χ2n) is 3.34. The standard InChI is InChI=1S/C9H13N3/c1-7(2)5-12-6-11-9(4-10)8(12)3/h6-7H,5H2,1-3H3. The largest absolute Gasteiger partial charge is 0.333 e. The maximum absolute atomic E-state index is 8.64. The van der Waals surface area contributed by atoms with Gasteiger partial charge in [-0.1, -0.05) is 13.8 Å². The van der Waals surface area contributed by atoms with E-state index in [1.54, 1.807) is 6.33 Å². The molecule has 0 fully saturated rings.